The number of hydrogen-bond acceptors (Lipinski definition) is 4. The minimum Gasteiger partial charge on any atom is -0.494 e. The molecular formula is C13H20N2O4. The molecule has 2 heterocycles. The van der Waals surface area contributed by atoms with E-state index in [1.165, 1.54) is 4.57 Å². The first kappa shape index (κ1) is 13.9. The van der Waals surface area contributed by atoms with E-state index in [2.05, 4.69) is 4.98 Å². The van der Waals surface area contributed by atoms with Gasteiger partial charge in [-0.25, -0.2) is 4.79 Å². The number of ether oxygens (including phenoxy) is 1. The van der Waals surface area contributed by atoms with E-state index < -0.39 is 16.8 Å². The number of nitrogens with one attached hydrogen (secondary N) is 1. The first-order chi connectivity index (χ1) is 8.87. The molecule has 2 N–H and O–H groups in total. The molecule has 1 atom stereocenters. The normalized spacial score (nSPS) is 23.8. The summed E-state index contributed by atoms with van der Waals surface area (Å²) in [4.78, 5) is 26.1. The smallest absolute Gasteiger partial charge is 0.331 e. The summed E-state index contributed by atoms with van der Waals surface area (Å²) in [6.45, 7) is 6.48. The Bertz CT molecular complexity index is 579. The van der Waals surface area contributed by atoms with Gasteiger partial charge in [0.05, 0.1) is 17.7 Å². The molecule has 1 aliphatic heterocycles. The third-order valence-electron chi connectivity index (χ3n) is 3.66. The van der Waals surface area contributed by atoms with Gasteiger partial charge in [0, 0.05) is 6.61 Å². The summed E-state index contributed by atoms with van der Waals surface area (Å²) in [6.07, 6.45) is 1.54. The molecule has 0 aromatic carbocycles. The van der Waals surface area contributed by atoms with Crippen LogP contribution in [0.2, 0.25) is 0 Å². The molecule has 1 aromatic rings. The lowest BCUT2D eigenvalue weighted by molar-refractivity contribution is 0.00343. The van der Waals surface area contributed by atoms with Crippen LogP contribution in [0.1, 0.15) is 45.1 Å². The highest BCUT2D eigenvalue weighted by atomic mass is 16.5. The highest BCUT2D eigenvalue weighted by molar-refractivity contribution is 5.27. The van der Waals surface area contributed by atoms with Crippen molar-refractivity contribution in [2.45, 2.75) is 45.1 Å². The third kappa shape index (κ3) is 2.32. The number of H-pyrrole nitrogens is 1. The van der Waals surface area contributed by atoms with Crippen molar-refractivity contribution < 1.29 is 9.84 Å². The lowest BCUT2D eigenvalue weighted by Gasteiger charge is -2.35. The van der Waals surface area contributed by atoms with Crippen molar-refractivity contribution >= 4 is 0 Å². The second kappa shape index (κ2) is 4.85. The molecule has 106 valence electrons. The number of aromatic nitrogens is 2. The van der Waals surface area contributed by atoms with Gasteiger partial charge in [-0.15, -0.1) is 0 Å². The maximum Gasteiger partial charge on any atom is 0.331 e. The zero-order valence-electron chi connectivity index (χ0n) is 11.5. The topological polar surface area (TPSA) is 84.3 Å². The van der Waals surface area contributed by atoms with Crippen LogP contribution in [0.4, 0.5) is 0 Å². The van der Waals surface area contributed by atoms with Crippen molar-refractivity contribution in [2.75, 3.05) is 13.2 Å². The second-order valence-corrected chi connectivity index (χ2v) is 5.64. The summed E-state index contributed by atoms with van der Waals surface area (Å²) < 4.78 is 6.68. The summed E-state index contributed by atoms with van der Waals surface area (Å²) in [6, 6.07) is 0. The molecule has 1 unspecified atom stereocenters. The second-order valence-electron chi connectivity index (χ2n) is 5.64. The molecule has 1 saturated heterocycles. The highest BCUT2D eigenvalue weighted by Crippen LogP contribution is 2.31. The number of hydrogen-bond donors (Lipinski definition) is 2. The Balaban J connectivity index is 2.66. The molecule has 0 bridgehead atoms. The van der Waals surface area contributed by atoms with Crippen LogP contribution >= 0.6 is 0 Å². The van der Waals surface area contributed by atoms with Gasteiger partial charge >= 0.3 is 5.69 Å². The van der Waals surface area contributed by atoms with E-state index in [0.29, 0.717) is 13.2 Å². The molecule has 0 spiro atoms. The quantitative estimate of drug-likeness (QED) is 0.834. The van der Waals surface area contributed by atoms with E-state index in [9.17, 15) is 14.7 Å². The fraction of sp³-hybridized carbons (Fsp3) is 0.692. The maximum absolute atomic E-state index is 12.0. The number of aromatic hydroxyl groups is 1. The van der Waals surface area contributed by atoms with E-state index >= 15 is 0 Å². The van der Waals surface area contributed by atoms with Crippen LogP contribution in [-0.2, 0) is 10.3 Å². The monoisotopic (exact) mass is 268 g/mol. The highest BCUT2D eigenvalue weighted by Gasteiger charge is 2.34. The van der Waals surface area contributed by atoms with Gasteiger partial charge in [0.1, 0.15) is 0 Å². The number of rotatable bonds is 2. The van der Waals surface area contributed by atoms with Crippen LogP contribution in [0.3, 0.4) is 0 Å². The first-order valence-electron chi connectivity index (χ1n) is 6.53. The lowest BCUT2D eigenvalue weighted by Crippen LogP contribution is -2.47. The number of nitrogens with zero attached hydrogens (tertiary/aromatic N) is 1. The average molecular weight is 268 g/mol. The molecule has 0 saturated carbocycles. The summed E-state index contributed by atoms with van der Waals surface area (Å²) in [5.74, 6) is -0.402. The van der Waals surface area contributed by atoms with Gasteiger partial charge in [-0.2, -0.15) is 0 Å². The Kier molecular flexibility index (Phi) is 3.54. The van der Waals surface area contributed by atoms with Crippen molar-refractivity contribution in [2.24, 2.45) is 0 Å². The van der Waals surface area contributed by atoms with Crippen LogP contribution < -0.4 is 11.2 Å². The van der Waals surface area contributed by atoms with E-state index in [4.69, 9.17) is 4.74 Å². The standard InChI is InChI=1S/C13H20N2O4/c1-8(2)9-10(16)14-12(18)15(11(9)17)13(3)5-4-6-19-7-13/h8,17H,4-7H2,1-3H3,(H,14,16,18). The molecule has 2 rings (SSSR count). The van der Waals surface area contributed by atoms with Crippen molar-refractivity contribution in [3.05, 3.63) is 26.4 Å². The fourth-order valence-corrected chi connectivity index (χ4v) is 2.66. The Hall–Kier alpha value is -1.56. The molecule has 0 radical (unpaired) electrons. The van der Waals surface area contributed by atoms with Crippen LogP contribution in [0.5, 0.6) is 5.88 Å². The Morgan fingerprint density at radius 3 is 2.63 bits per heavy atom. The molecular weight excluding hydrogens is 248 g/mol. The summed E-state index contributed by atoms with van der Waals surface area (Å²) >= 11 is 0. The van der Waals surface area contributed by atoms with E-state index in [1.807, 2.05) is 6.92 Å². The van der Waals surface area contributed by atoms with Gasteiger partial charge in [-0.05, 0) is 25.7 Å². The third-order valence-corrected chi connectivity index (χ3v) is 3.66. The van der Waals surface area contributed by atoms with E-state index in [1.54, 1.807) is 13.8 Å². The summed E-state index contributed by atoms with van der Waals surface area (Å²) in [5, 5.41) is 10.3. The minimum absolute atomic E-state index is 0.163. The average Bonchev–Trinajstić information content (AvgIpc) is 2.27. The zero-order valence-corrected chi connectivity index (χ0v) is 11.5. The molecule has 19 heavy (non-hydrogen) atoms. The predicted octanol–water partition coefficient (Wildman–Crippen LogP) is 0.891. The van der Waals surface area contributed by atoms with Gasteiger partial charge < -0.3 is 9.84 Å². The fourth-order valence-electron chi connectivity index (χ4n) is 2.66. The molecule has 0 aliphatic carbocycles. The summed E-state index contributed by atoms with van der Waals surface area (Å²) in [5.41, 5.74) is -1.48. The van der Waals surface area contributed by atoms with Crippen molar-refractivity contribution in [3.8, 4) is 5.88 Å². The molecule has 0 amide bonds. The van der Waals surface area contributed by atoms with Crippen molar-refractivity contribution in [3.63, 3.8) is 0 Å². The lowest BCUT2D eigenvalue weighted by atomic mass is 9.93. The Morgan fingerprint density at radius 2 is 2.11 bits per heavy atom. The van der Waals surface area contributed by atoms with Crippen LogP contribution in [0, 0.1) is 0 Å². The molecule has 6 nitrogen and oxygen atoms in total. The van der Waals surface area contributed by atoms with E-state index in [0.717, 1.165) is 12.8 Å². The molecule has 1 aromatic heterocycles. The van der Waals surface area contributed by atoms with E-state index in [-0.39, 0.29) is 17.4 Å². The zero-order chi connectivity index (χ0) is 14.2. The van der Waals surface area contributed by atoms with Crippen LogP contribution in [-0.4, -0.2) is 27.9 Å². The Labute approximate surface area is 111 Å². The number of aromatic amines is 1. The molecule has 1 aliphatic rings. The van der Waals surface area contributed by atoms with Gasteiger partial charge in [0.15, 0.2) is 0 Å². The van der Waals surface area contributed by atoms with Gasteiger partial charge in [0.25, 0.3) is 5.56 Å². The largest absolute Gasteiger partial charge is 0.494 e. The van der Waals surface area contributed by atoms with Gasteiger partial charge in [-0.3, -0.25) is 14.3 Å². The van der Waals surface area contributed by atoms with Gasteiger partial charge in [0.2, 0.25) is 5.88 Å². The molecule has 1 fully saturated rings. The van der Waals surface area contributed by atoms with Crippen LogP contribution in [0.15, 0.2) is 9.59 Å². The van der Waals surface area contributed by atoms with Crippen molar-refractivity contribution in [1.82, 2.24) is 9.55 Å². The SMILES string of the molecule is CC(C)c1c(O)n(C2(C)CCCOC2)c(=O)[nH]c1=O. The first-order valence-corrected chi connectivity index (χ1v) is 6.53. The molecule has 6 heteroatoms. The minimum atomic E-state index is -0.618. The maximum atomic E-state index is 12.0. The van der Waals surface area contributed by atoms with Crippen LogP contribution in [0.25, 0.3) is 0 Å². The predicted molar refractivity (Wildman–Crippen MR) is 70.8 cm³/mol. The Morgan fingerprint density at radius 1 is 1.42 bits per heavy atom. The van der Waals surface area contributed by atoms with Gasteiger partial charge in [-0.1, -0.05) is 13.8 Å². The summed E-state index contributed by atoms with van der Waals surface area (Å²) in [7, 11) is 0. The van der Waals surface area contributed by atoms with Crippen molar-refractivity contribution in [1.29, 1.82) is 0 Å².